The lowest BCUT2D eigenvalue weighted by molar-refractivity contribution is -0.121. The molecule has 0 aliphatic carbocycles. The van der Waals surface area contributed by atoms with Gasteiger partial charge in [-0.3, -0.25) is 19.4 Å². The molecular formula is C18H23N5O3S. The van der Waals surface area contributed by atoms with E-state index in [1.165, 1.54) is 7.05 Å². The van der Waals surface area contributed by atoms with Crippen molar-refractivity contribution in [3.8, 4) is 0 Å². The van der Waals surface area contributed by atoms with Gasteiger partial charge in [0.1, 0.15) is 0 Å². The average Bonchev–Trinajstić information content (AvgIpc) is 2.96. The zero-order chi connectivity index (χ0) is 18.8. The number of amides is 2. The number of anilines is 1. The molecule has 0 unspecified atom stereocenters. The summed E-state index contributed by atoms with van der Waals surface area (Å²) in [6.07, 6.45) is 5.54. The molecule has 1 aromatic rings. The molecular weight excluding hydrogens is 366 g/mol. The Bertz CT molecular complexity index is 757. The second-order valence-corrected chi connectivity index (χ2v) is 7.88. The first-order valence-electron chi connectivity index (χ1n) is 9.23. The van der Waals surface area contributed by atoms with Crippen molar-refractivity contribution >= 4 is 34.9 Å². The summed E-state index contributed by atoms with van der Waals surface area (Å²) in [5.74, 6) is 0.399. The second-order valence-electron chi connectivity index (χ2n) is 6.89. The van der Waals surface area contributed by atoms with E-state index in [9.17, 15) is 9.59 Å². The second kappa shape index (κ2) is 7.95. The molecule has 3 aliphatic heterocycles. The molecule has 0 N–H and O–H groups in total. The zero-order valence-electron chi connectivity index (χ0n) is 15.3. The van der Waals surface area contributed by atoms with Crippen molar-refractivity contribution < 1.29 is 14.3 Å². The first-order valence-corrected chi connectivity index (χ1v) is 10.0. The van der Waals surface area contributed by atoms with Crippen molar-refractivity contribution in [2.75, 3.05) is 51.3 Å². The van der Waals surface area contributed by atoms with E-state index in [2.05, 4.69) is 19.8 Å². The van der Waals surface area contributed by atoms with Crippen LogP contribution in [0.2, 0.25) is 0 Å². The monoisotopic (exact) mass is 389 g/mol. The van der Waals surface area contributed by atoms with Crippen LogP contribution in [0.15, 0.2) is 17.2 Å². The van der Waals surface area contributed by atoms with Crippen LogP contribution in [0.5, 0.6) is 0 Å². The zero-order valence-corrected chi connectivity index (χ0v) is 16.2. The highest BCUT2D eigenvalue weighted by molar-refractivity contribution is 8.18. The molecule has 3 saturated heterocycles. The minimum atomic E-state index is -0.281. The summed E-state index contributed by atoms with van der Waals surface area (Å²) in [6.45, 7) is 5.52. The van der Waals surface area contributed by atoms with Gasteiger partial charge in [-0.1, -0.05) is 0 Å². The first kappa shape index (κ1) is 18.4. The van der Waals surface area contributed by atoms with E-state index in [1.54, 1.807) is 18.3 Å². The Kier molecular flexibility index (Phi) is 5.42. The fraction of sp³-hybridized carbons (Fsp3) is 0.556. The number of piperidine rings is 1. The van der Waals surface area contributed by atoms with Gasteiger partial charge < -0.3 is 9.64 Å². The highest BCUT2D eigenvalue weighted by atomic mass is 32.2. The molecule has 0 bridgehead atoms. The van der Waals surface area contributed by atoms with E-state index >= 15 is 0 Å². The summed E-state index contributed by atoms with van der Waals surface area (Å²) in [5, 5.41) is -0.259. The average molecular weight is 389 g/mol. The third kappa shape index (κ3) is 3.99. The number of rotatable bonds is 3. The molecule has 3 fully saturated rings. The normalized spacial score (nSPS) is 24.3. The van der Waals surface area contributed by atoms with Gasteiger partial charge in [0, 0.05) is 45.5 Å². The van der Waals surface area contributed by atoms with Gasteiger partial charge in [-0.25, -0.2) is 9.97 Å². The minimum absolute atomic E-state index is 0.259. The molecule has 27 heavy (non-hydrogen) atoms. The van der Waals surface area contributed by atoms with Crippen LogP contribution in [0.25, 0.3) is 6.08 Å². The lowest BCUT2D eigenvalue weighted by Gasteiger charge is -2.40. The highest BCUT2D eigenvalue weighted by Gasteiger charge is 2.32. The maximum atomic E-state index is 12.0. The lowest BCUT2D eigenvalue weighted by Crippen LogP contribution is -2.49. The molecule has 0 spiro atoms. The molecule has 0 radical (unpaired) electrons. The molecule has 4 heterocycles. The van der Waals surface area contributed by atoms with Crippen molar-refractivity contribution in [2.24, 2.45) is 0 Å². The lowest BCUT2D eigenvalue weighted by atomic mass is 10.0. The van der Waals surface area contributed by atoms with Crippen LogP contribution in [0, 0.1) is 0 Å². The summed E-state index contributed by atoms with van der Waals surface area (Å²) in [4.78, 5) is 38.9. The van der Waals surface area contributed by atoms with Crippen molar-refractivity contribution in [2.45, 2.75) is 18.9 Å². The number of hydrogen-bond donors (Lipinski definition) is 0. The quantitative estimate of drug-likeness (QED) is 0.719. The van der Waals surface area contributed by atoms with Gasteiger partial charge in [0.25, 0.3) is 11.1 Å². The Morgan fingerprint density at radius 2 is 1.93 bits per heavy atom. The third-order valence-electron chi connectivity index (χ3n) is 5.24. The highest BCUT2D eigenvalue weighted by Crippen LogP contribution is 2.31. The van der Waals surface area contributed by atoms with Crippen molar-refractivity contribution in [3.63, 3.8) is 0 Å². The van der Waals surface area contributed by atoms with E-state index < -0.39 is 0 Å². The molecule has 4 rings (SSSR count). The van der Waals surface area contributed by atoms with Crippen LogP contribution in [0.4, 0.5) is 10.7 Å². The van der Waals surface area contributed by atoms with Gasteiger partial charge >= 0.3 is 0 Å². The fourth-order valence-electron chi connectivity index (χ4n) is 3.65. The van der Waals surface area contributed by atoms with Crippen LogP contribution in [0.1, 0.15) is 18.5 Å². The van der Waals surface area contributed by atoms with E-state index in [1.807, 2.05) is 0 Å². The Morgan fingerprint density at radius 3 is 2.59 bits per heavy atom. The Hall–Kier alpha value is -1.97. The molecule has 1 aromatic heterocycles. The summed E-state index contributed by atoms with van der Waals surface area (Å²) >= 11 is 0.943. The van der Waals surface area contributed by atoms with Crippen molar-refractivity contribution in [1.82, 2.24) is 19.8 Å². The standard InChI is InChI=1S/C18H23N5O3S/c1-21-16(24)15(27-18(21)25)12-13-2-5-19-17(20-13)23-6-3-14(4-7-23)22-8-10-26-11-9-22/h2,5,12,14H,3-4,6-11H2,1H3. The SMILES string of the molecule is CN1C(=O)SC(=Cc2ccnc(N3CCC(N4CCOCC4)CC3)n2)C1=O. The summed E-state index contributed by atoms with van der Waals surface area (Å²) in [5.41, 5.74) is 0.647. The predicted molar refractivity (Wildman–Crippen MR) is 103 cm³/mol. The number of morpholine rings is 1. The number of ether oxygens (including phenoxy) is 1. The van der Waals surface area contributed by atoms with E-state index in [4.69, 9.17) is 4.74 Å². The molecule has 0 saturated carbocycles. The van der Waals surface area contributed by atoms with E-state index in [0.29, 0.717) is 22.6 Å². The molecule has 8 nitrogen and oxygen atoms in total. The number of hydrogen-bond acceptors (Lipinski definition) is 8. The van der Waals surface area contributed by atoms with Crippen LogP contribution < -0.4 is 4.90 Å². The van der Waals surface area contributed by atoms with Crippen LogP contribution in [0.3, 0.4) is 0 Å². The van der Waals surface area contributed by atoms with Gasteiger partial charge in [0.2, 0.25) is 5.95 Å². The van der Waals surface area contributed by atoms with Crippen LogP contribution in [-0.2, 0) is 9.53 Å². The molecule has 3 aliphatic rings. The van der Waals surface area contributed by atoms with Crippen molar-refractivity contribution in [3.05, 3.63) is 22.9 Å². The number of thioether (sulfide) groups is 1. The van der Waals surface area contributed by atoms with Gasteiger partial charge in [-0.15, -0.1) is 0 Å². The molecule has 2 amide bonds. The first-order chi connectivity index (χ1) is 13.1. The smallest absolute Gasteiger partial charge is 0.293 e. The number of carbonyl (C=O) groups is 2. The Balaban J connectivity index is 1.41. The van der Waals surface area contributed by atoms with Gasteiger partial charge in [-0.2, -0.15) is 0 Å². The molecule has 9 heteroatoms. The Labute approximate surface area is 162 Å². The van der Waals surface area contributed by atoms with Gasteiger partial charge in [0.15, 0.2) is 0 Å². The third-order valence-corrected chi connectivity index (χ3v) is 6.20. The number of imide groups is 1. The molecule has 0 atom stereocenters. The number of likely N-dealkylation sites (N-methyl/N-ethyl adjacent to an activating group) is 1. The topological polar surface area (TPSA) is 78.9 Å². The van der Waals surface area contributed by atoms with Gasteiger partial charge in [-0.05, 0) is 36.7 Å². The number of aromatic nitrogens is 2. The molecule has 144 valence electrons. The Morgan fingerprint density at radius 1 is 1.19 bits per heavy atom. The molecule has 0 aromatic carbocycles. The predicted octanol–water partition coefficient (Wildman–Crippen LogP) is 1.44. The van der Waals surface area contributed by atoms with E-state index in [-0.39, 0.29) is 11.1 Å². The number of carbonyl (C=O) groups excluding carboxylic acids is 2. The van der Waals surface area contributed by atoms with E-state index in [0.717, 1.165) is 68.9 Å². The summed E-state index contributed by atoms with van der Waals surface area (Å²) in [6, 6.07) is 2.36. The fourth-order valence-corrected chi connectivity index (χ4v) is 4.46. The van der Waals surface area contributed by atoms with Crippen LogP contribution in [-0.4, -0.2) is 83.4 Å². The van der Waals surface area contributed by atoms with Gasteiger partial charge in [0.05, 0.1) is 23.8 Å². The largest absolute Gasteiger partial charge is 0.379 e. The van der Waals surface area contributed by atoms with Crippen LogP contribution >= 0.6 is 11.8 Å². The number of nitrogens with zero attached hydrogens (tertiary/aromatic N) is 5. The maximum absolute atomic E-state index is 12.0. The summed E-state index contributed by atoms with van der Waals surface area (Å²) in [7, 11) is 1.49. The summed E-state index contributed by atoms with van der Waals surface area (Å²) < 4.78 is 5.44. The minimum Gasteiger partial charge on any atom is -0.379 e. The van der Waals surface area contributed by atoms with Crippen molar-refractivity contribution in [1.29, 1.82) is 0 Å². The maximum Gasteiger partial charge on any atom is 0.293 e.